The molecule has 1 atom stereocenters. The van der Waals surface area contributed by atoms with Crippen molar-refractivity contribution in [1.82, 2.24) is 9.78 Å². The van der Waals surface area contributed by atoms with Gasteiger partial charge in [0.1, 0.15) is 0 Å². The normalized spacial score (nSPS) is 12.1. The zero-order valence-electron chi connectivity index (χ0n) is 10.9. The molecule has 0 aliphatic rings. The minimum Gasteiger partial charge on any atom is -0.322 e. The number of anilines is 1. The topological polar surface area (TPSA) is 72.9 Å². The van der Waals surface area contributed by atoms with Crippen LogP contribution < -0.4 is 11.1 Å². The van der Waals surface area contributed by atoms with E-state index in [1.807, 2.05) is 37.3 Å². The third-order valence-corrected chi connectivity index (χ3v) is 2.86. The molecular weight excluding hydrogens is 240 g/mol. The fourth-order valence-corrected chi connectivity index (χ4v) is 1.80. The maximum Gasteiger partial charge on any atom is 0.241 e. The summed E-state index contributed by atoms with van der Waals surface area (Å²) in [6.45, 7) is 2.76. The highest BCUT2D eigenvalue weighted by Gasteiger charge is 2.14. The summed E-state index contributed by atoms with van der Waals surface area (Å²) in [7, 11) is 0. The number of rotatable bonds is 5. The molecule has 1 heterocycles. The number of hydrogen-bond donors (Lipinski definition) is 2. The molecule has 0 aliphatic carbocycles. The second-order valence-electron chi connectivity index (χ2n) is 4.37. The standard InChI is InChI=1S/C14H18N4O/c1-2-18-10-12(9-16-18)17-14(19)13(15)8-11-6-4-3-5-7-11/h3-7,9-10,13H,2,8,15H2,1H3,(H,17,19)/t13-/m0/s1. The zero-order chi connectivity index (χ0) is 13.7. The van der Waals surface area contributed by atoms with Crippen molar-refractivity contribution in [2.75, 3.05) is 5.32 Å². The molecule has 2 aromatic rings. The van der Waals surface area contributed by atoms with Gasteiger partial charge in [-0.3, -0.25) is 9.48 Å². The molecule has 0 unspecified atom stereocenters. The number of nitrogens with two attached hydrogens (primary N) is 1. The molecule has 0 saturated carbocycles. The second-order valence-corrected chi connectivity index (χ2v) is 4.37. The quantitative estimate of drug-likeness (QED) is 0.851. The molecule has 3 N–H and O–H groups in total. The number of benzene rings is 1. The molecule has 1 aromatic heterocycles. The molecule has 19 heavy (non-hydrogen) atoms. The number of carbonyl (C=O) groups excluding carboxylic acids is 1. The van der Waals surface area contributed by atoms with Gasteiger partial charge in [0.2, 0.25) is 5.91 Å². The van der Waals surface area contributed by atoms with Crippen LogP contribution in [0.3, 0.4) is 0 Å². The number of nitrogens with zero attached hydrogens (tertiary/aromatic N) is 2. The van der Waals surface area contributed by atoms with E-state index in [4.69, 9.17) is 5.73 Å². The summed E-state index contributed by atoms with van der Waals surface area (Å²) >= 11 is 0. The molecule has 0 spiro atoms. The largest absolute Gasteiger partial charge is 0.322 e. The molecule has 2 rings (SSSR count). The van der Waals surface area contributed by atoms with E-state index in [-0.39, 0.29) is 5.91 Å². The fraction of sp³-hybridized carbons (Fsp3) is 0.286. The summed E-state index contributed by atoms with van der Waals surface area (Å²) in [5, 5.41) is 6.86. The molecule has 5 nitrogen and oxygen atoms in total. The van der Waals surface area contributed by atoms with Gasteiger partial charge in [-0.2, -0.15) is 5.10 Å². The van der Waals surface area contributed by atoms with E-state index < -0.39 is 6.04 Å². The number of hydrogen-bond acceptors (Lipinski definition) is 3. The highest BCUT2D eigenvalue weighted by atomic mass is 16.2. The van der Waals surface area contributed by atoms with E-state index in [0.29, 0.717) is 12.1 Å². The van der Waals surface area contributed by atoms with E-state index in [1.54, 1.807) is 17.1 Å². The maximum atomic E-state index is 11.9. The van der Waals surface area contributed by atoms with Crippen LogP contribution in [0, 0.1) is 0 Å². The van der Waals surface area contributed by atoms with Crippen molar-refractivity contribution in [3.05, 3.63) is 48.3 Å². The summed E-state index contributed by atoms with van der Waals surface area (Å²) in [5.41, 5.74) is 7.62. The van der Waals surface area contributed by atoms with Gasteiger partial charge in [-0.05, 0) is 18.9 Å². The maximum absolute atomic E-state index is 11.9. The highest BCUT2D eigenvalue weighted by molar-refractivity contribution is 5.94. The Bertz CT molecular complexity index is 535. The summed E-state index contributed by atoms with van der Waals surface area (Å²) in [6, 6.07) is 9.17. The molecular formula is C14H18N4O. The molecule has 1 amide bonds. The van der Waals surface area contributed by atoms with Gasteiger partial charge in [-0.1, -0.05) is 30.3 Å². The van der Waals surface area contributed by atoms with Gasteiger partial charge in [0.25, 0.3) is 0 Å². The summed E-state index contributed by atoms with van der Waals surface area (Å²) in [6.07, 6.45) is 3.93. The Hall–Kier alpha value is -2.14. The van der Waals surface area contributed by atoms with Gasteiger partial charge in [0.05, 0.1) is 17.9 Å². The van der Waals surface area contributed by atoms with Gasteiger partial charge >= 0.3 is 0 Å². The minimum absolute atomic E-state index is 0.195. The molecule has 0 bridgehead atoms. The first-order valence-electron chi connectivity index (χ1n) is 6.32. The van der Waals surface area contributed by atoms with E-state index in [1.165, 1.54) is 0 Å². The lowest BCUT2D eigenvalue weighted by atomic mass is 10.1. The van der Waals surface area contributed by atoms with Gasteiger partial charge in [0.15, 0.2) is 0 Å². The third-order valence-electron chi connectivity index (χ3n) is 2.86. The Kier molecular flexibility index (Phi) is 4.30. The van der Waals surface area contributed by atoms with Crippen LogP contribution in [0.1, 0.15) is 12.5 Å². The average molecular weight is 258 g/mol. The van der Waals surface area contributed by atoms with E-state index in [2.05, 4.69) is 10.4 Å². The summed E-state index contributed by atoms with van der Waals surface area (Å²) < 4.78 is 1.75. The average Bonchev–Trinajstić information content (AvgIpc) is 2.87. The van der Waals surface area contributed by atoms with Crippen LogP contribution >= 0.6 is 0 Å². The smallest absolute Gasteiger partial charge is 0.241 e. The molecule has 5 heteroatoms. The van der Waals surface area contributed by atoms with Crippen LogP contribution in [-0.4, -0.2) is 21.7 Å². The van der Waals surface area contributed by atoms with Gasteiger partial charge in [-0.15, -0.1) is 0 Å². The van der Waals surface area contributed by atoms with Crippen LogP contribution in [0.5, 0.6) is 0 Å². The SMILES string of the molecule is CCn1cc(NC(=O)[C@@H](N)Cc2ccccc2)cn1. The number of nitrogens with one attached hydrogen (secondary N) is 1. The van der Waals surface area contributed by atoms with Crippen LogP contribution in [0.2, 0.25) is 0 Å². The van der Waals surface area contributed by atoms with E-state index >= 15 is 0 Å². The molecule has 0 fully saturated rings. The van der Waals surface area contributed by atoms with Gasteiger partial charge in [0, 0.05) is 12.7 Å². The van der Waals surface area contributed by atoms with E-state index in [9.17, 15) is 4.79 Å². The lowest BCUT2D eigenvalue weighted by Crippen LogP contribution is -2.37. The van der Waals surface area contributed by atoms with Crippen molar-refractivity contribution in [2.45, 2.75) is 25.9 Å². The van der Waals surface area contributed by atoms with Gasteiger partial charge < -0.3 is 11.1 Å². The first-order chi connectivity index (χ1) is 9.19. The van der Waals surface area contributed by atoms with Crippen molar-refractivity contribution in [3.8, 4) is 0 Å². The van der Waals surface area contributed by atoms with E-state index in [0.717, 1.165) is 12.1 Å². The third kappa shape index (κ3) is 3.66. The Morgan fingerprint density at radius 3 is 2.79 bits per heavy atom. The van der Waals surface area contributed by atoms with Crippen molar-refractivity contribution in [3.63, 3.8) is 0 Å². The van der Waals surface area contributed by atoms with Crippen molar-refractivity contribution in [2.24, 2.45) is 5.73 Å². The Morgan fingerprint density at radius 1 is 1.42 bits per heavy atom. The molecule has 0 radical (unpaired) electrons. The molecule has 100 valence electrons. The predicted octanol–water partition coefficient (Wildman–Crippen LogP) is 1.41. The van der Waals surface area contributed by atoms with Crippen molar-refractivity contribution >= 4 is 11.6 Å². The Labute approximate surface area is 112 Å². The van der Waals surface area contributed by atoms with Crippen molar-refractivity contribution in [1.29, 1.82) is 0 Å². The van der Waals surface area contributed by atoms with Crippen LogP contribution in [0.25, 0.3) is 0 Å². The number of amides is 1. The first-order valence-corrected chi connectivity index (χ1v) is 6.32. The number of aromatic nitrogens is 2. The second kappa shape index (κ2) is 6.15. The number of aryl methyl sites for hydroxylation is 1. The van der Waals surface area contributed by atoms with Crippen LogP contribution in [0.15, 0.2) is 42.7 Å². The summed E-state index contributed by atoms with van der Waals surface area (Å²) in [4.78, 5) is 11.9. The lowest BCUT2D eigenvalue weighted by Gasteiger charge is -2.11. The van der Waals surface area contributed by atoms with Crippen LogP contribution in [-0.2, 0) is 17.8 Å². The summed E-state index contributed by atoms with van der Waals surface area (Å²) in [5.74, 6) is -0.195. The predicted molar refractivity (Wildman–Crippen MR) is 74.7 cm³/mol. The monoisotopic (exact) mass is 258 g/mol. The first kappa shape index (κ1) is 13.3. The molecule has 1 aromatic carbocycles. The zero-order valence-corrected chi connectivity index (χ0v) is 10.9. The minimum atomic E-state index is -0.563. The molecule has 0 saturated heterocycles. The highest BCUT2D eigenvalue weighted by Crippen LogP contribution is 2.07. The van der Waals surface area contributed by atoms with Crippen LogP contribution in [0.4, 0.5) is 5.69 Å². The lowest BCUT2D eigenvalue weighted by molar-refractivity contribution is -0.117. The Balaban J connectivity index is 1.92. The van der Waals surface area contributed by atoms with Gasteiger partial charge in [-0.25, -0.2) is 0 Å². The fourth-order valence-electron chi connectivity index (χ4n) is 1.80. The van der Waals surface area contributed by atoms with Crippen molar-refractivity contribution < 1.29 is 4.79 Å². The Morgan fingerprint density at radius 2 is 2.16 bits per heavy atom. The number of carbonyl (C=O) groups is 1. The molecule has 0 aliphatic heterocycles.